The Morgan fingerprint density at radius 3 is 1.27 bits per heavy atom. The SMILES string of the molecule is c1ccc(COCC(COCc2ccccc2)OCCN(Cc2ccccc2)Cc2ccccc2)cc1. The van der Waals surface area contributed by atoms with Crippen molar-refractivity contribution in [2.24, 2.45) is 0 Å². The molecule has 0 aromatic heterocycles. The Labute approximate surface area is 221 Å². The van der Waals surface area contributed by atoms with E-state index >= 15 is 0 Å². The maximum atomic E-state index is 6.33. The zero-order valence-electron chi connectivity index (χ0n) is 21.5. The van der Waals surface area contributed by atoms with Gasteiger partial charge in [-0.1, -0.05) is 121 Å². The number of rotatable bonds is 16. The molecular weight excluding hydrogens is 458 g/mol. The van der Waals surface area contributed by atoms with Gasteiger partial charge in [-0.05, 0) is 22.3 Å². The lowest BCUT2D eigenvalue weighted by molar-refractivity contribution is -0.0707. The van der Waals surface area contributed by atoms with E-state index in [1.807, 2.05) is 36.4 Å². The Hall–Kier alpha value is -3.28. The first-order valence-corrected chi connectivity index (χ1v) is 13.0. The lowest BCUT2D eigenvalue weighted by Gasteiger charge is -2.25. The van der Waals surface area contributed by atoms with Gasteiger partial charge in [-0.25, -0.2) is 0 Å². The molecule has 0 aliphatic rings. The number of hydrogen-bond acceptors (Lipinski definition) is 4. The fourth-order valence-electron chi connectivity index (χ4n) is 4.15. The summed E-state index contributed by atoms with van der Waals surface area (Å²) in [6.45, 7) is 5.27. The zero-order valence-corrected chi connectivity index (χ0v) is 21.5. The molecule has 0 spiro atoms. The quantitative estimate of drug-likeness (QED) is 0.177. The molecular formula is C33H37NO3. The molecule has 4 aromatic carbocycles. The molecule has 0 radical (unpaired) electrons. The summed E-state index contributed by atoms with van der Waals surface area (Å²) in [5, 5.41) is 0. The fourth-order valence-corrected chi connectivity index (χ4v) is 4.15. The highest BCUT2D eigenvalue weighted by Gasteiger charge is 2.13. The third-order valence-corrected chi connectivity index (χ3v) is 6.09. The van der Waals surface area contributed by atoms with Gasteiger partial charge in [0.05, 0.1) is 33.0 Å². The molecule has 0 unspecified atom stereocenters. The summed E-state index contributed by atoms with van der Waals surface area (Å²) in [7, 11) is 0. The molecule has 0 N–H and O–H groups in total. The van der Waals surface area contributed by atoms with Crippen LogP contribution >= 0.6 is 0 Å². The predicted molar refractivity (Wildman–Crippen MR) is 149 cm³/mol. The Balaban J connectivity index is 1.31. The van der Waals surface area contributed by atoms with Crippen molar-refractivity contribution in [1.29, 1.82) is 0 Å². The summed E-state index contributed by atoms with van der Waals surface area (Å²) in [6, 6.07) is 41.7. The van der Waals surface area contributed by atoms with Crippen molar-refractivity contribution in [2.45, 2.75) is 32.4 Å². The van der Waals surface area contributed by atoms with Gasteiger partial charge in [-0.15, -0.1) is 0 Å². The van der Waals surface area contributed by atoms with Gasteiger partial charge < -0.3 is 14.2 Å². The normalized spacial score (nSPS) is 11.3. The fraction of sp³-hybridized carbons (Fsp3) is 0.273. The van der Waals surface area contributed by atoms with E-state index in [1.54, 1.807) is 0 Å². The molecule has 4 rings (SSSR count). The van der Waals surface area contributed by atoms with E-state index in [0.717, 1.165) is 30.8 Å². The Morgan fingerprint density at radius 2 is 0.865 bits per heavy atom. The van der Waals surface area contributed by atoms with Crippen LogP contribution in [0.25, 0.3) is 0 Å². The predicted octanol–water partition coefficient (Wildman–Crippen LogP) is 6.51. The second kappa shape index (κ2) is 15.7. The van der Waals surface area contributed by atoms with E-state index in [1.165, 1.54) is 11.1 Å². The van der Waals surface area contributed by atoms with Crippen molar-refractivity contribution in [3.8, 4) is 0 Å². The molecule has 0 saturated heterocycles. The molecule has 0 atom stereocenters. The van der Waals surface area contributed by atoms with Crippen molar-refractivity contribution in [3.63, 3.8) is 0 Å². The molecule has 0 fully saturated rings. The Morgan fingerprint density at radius 1 is 0.486 bits per heavy atom. The molecule has 37 heavy (non-hydrogen) atoms. The number of benzene rings is 4. The van der Waals surface area contributed by atoms with Crippen molar-refractivity contribution in [1.82, 2.24) is 4.90 Å². The average Bonchev–Trinajstić information content (AvgIpc) is 2.95. The van der Waals surface area contributed by atoms with Gasteiger partial charge >= 0.3 is 0 Å². The summed E-state index contributed by atoms with van der Waals surface area (Å²) < 4.78 is 18.4. The highest BCUT2D eigenvalue weighted by molar-refractivity contribution is 5.17. The molecule has 4 aromatic rings. The van der Waals surface area contributed by atoms with Crippen LogP contribution in [0.1, 0.15) is 22.3 Å². The molecule has 4 heteroatoms. The first-order valence-electron chi connectivity index (χ1n) is 13.0. The van der Waals surface area contributed by atoms with Gasteiger partial charge in [0.15, 0.2) is 0 Å². The second-order valence-corrected chi connectivity index (χ2v) is 9.18. The summed E-state index contributed by atoms with van der Waals surface area (Å²) >= 11 is 0. The third kappa shape index (κ3) is 10.3. The molecule has 0 aliphatic heterocycles. The van der Waals surface area contributed by atoms with Crippen LogP contribution < -0.4 is 0 Å². The van der Waals surface area contributed by atoms with Crippen molar-refractivity contribution in [3.05, 3.63) is 144 Å². The van der Waals surface area contributed by atoms with Crippen LogP contribution in [0, 0.1) is 0 Å². The topological polar surface area (TPSA) is 30.9 Å². The van der Waals surface area contributed by atoms with Gasteiger partial charge in [0, 0.05) is 19.6 Å². The van der Waals surface area contributed by atoms with Crippen LogP contribution in [0.4, 0.5) is 0 Å². The Bertz CT molecular complexity index is 1020. The number of hydrogen-bond donors (Lipinski definition) is 0. The third-order valence-electron chi connectivity index (χ3n) is 6.09. The average molecular weight is 496 g/mol. The van der Waals surface area contributed by atoms with E-state index in [4.69, 9.17) is 14.2 Å². The van der Waals surface area contributed by atoms with Crippen LogP contribution in [0.3, 0.4) is 0 Å². The van der Waals surface area contributed by atoms with E-state index in [2.05, 4.69) is 89.8 Å². The molecule has 192 valence electrons. The smallest absolute Gasteiger partial charge is 0.104 e. The van der Waals surface area contributed by atoms with Crippen LogP contribution in [0.5, 0.6) is 0 Å². The Kier molecular flexibility index (Phi) is 11.4. The first kappa shape index (κ1) is 26.8. The monoisotopic (exact) mass is 495 g/mol. The van der Waals surface area contributed by atoms with Crippen molar-refractivity contribution in [2.75, 3.05) is 26.4 Å². The summed E-state index contributed by atoms with van der Waals surface area (Å²) in [5.74, 6) is 0. The summed E-state index contributed by atoms with van der Waals surface area (Å²) in [4.78, 5) is 2.43. The van der Waals surface area contributed by atoms with Gasteiger partial charge in [0.25, 0.3) is 0 Å². The van der Waals surface area contributed by atoms with E-state index in [9.17, 15) is 0 Å². The number of nitrogens with zero attached hydrogens (tertiary/aromatic N) is 1. The maximum Gasteiger partial charge on any atom is 0.104 e. The minimum Gasteiger partial charge on any atom is -0.374 e. The minimum atomic E-state index is -0.136. The van der Waals surface area contributed by atoms with Crippen LogP contribution in [-0.2, 0) is 40.5 Å². The van der Waals surface area contributed by atoms with Crippen molar-refractivity contribution >= 4 is 0 Å². The standard InChI is InChI=1S/C33H37NO3/c1-5-13-29(14-6-1)23-34(24-30-15-7-2-8-16-30)21-22-37-33(27-35-25-31-17-9-3-10-18-31)28-36-26-32-19-11-4-12-20-32/h1-20,33H,21-28H2. The second-order valence-electron chi connectivity index (χ2n) is 9.18. The summed E-state index contributed by atoms with van der Waals surface area (Å²) in [5.41, 5.74) is 4.91. The molecule has 0 amide bonds. The molecule has 0 saturated carbocycles. The van der Waals surface area contributed by atoms with Gasteiger partial charge in [0.1, 0.15) is 6.10 Å². The largest absolute Gasteiger partial charge is 0.374 e. The first-order chi connectivity index (χ1) is 18.3. The van der Waals surface area contributed by atoms with Gasteiger partial charge in [0.2, 0.25) is 0 Å². The van der Waals surface area contributed by atoms with Gasteiger partial charge in [-0.3, -0.25) is 4.90 Å². The van der Waals surface area contributed by atoms with E-state index in [0.29, 0.717) is 33.0 Å². The van der Waals surface area contributed by atoms with Crippen LogP contribution in [-0.4, -0.2) is 37.4 Å². The van der Waals surface area contributed by atoms with Crippen molar-refractivity contribution < 1.29 is 14.2 Å². The molecule has 0 aliphatic carbocycles. The zero-order chi connectivity index (χ0) is 25.4. The molecule has 0 heterocycles. The van der Waals surface area contributed by atoms with Gasteiger partial charge in [-0.2, -0.15) is 0 Å². The highest BCUT2D eigenvalue weighted by atomic mass is 16.6. The summed E-state index contributed by atoms with van der Waals surface area (Å²) in [6.07, 6.45) is -0.136. The lowest BCUT2D eigenvalue weighted by Crippen LogP contribution is -2.32. The molecule has 0 bridgehead atoms. The maximum absolute atomic E-state index is 6.33. The highest BCUT2D eigenvalue weighted by Crippen LogP contribution is 2.11. The lowest BCUT2D eigenvalue weighted by atomic mass is 10.1. The van der Waals surface area contributed by atoms with E-state index < -0.39 is 0 Å². The van der Waals surface area contributed by atoms with Crippen LogP contribution in [0.15, 0.2) is 121 Å². The number of ether oxygens (including phenoxy) is 3. The molecule has 4 nitrogen and oxygen atoms in total. The van der Waals surface area contributed by atoms with E-state index in [-0.39, 0.29) is 6.10 Å². The minimum absolute atomic E-state index is 0.136. The van der Waals surface area contributed by atoms with Crippen LogP contribution in [0.2, 0.25) is 0 Å².